The van der Waals surface area contributed by atoms with Crippen molar-refractivity contribution in [1.29, 1.82) is 0 Å². The van der Waals surface area contributed by atoms with Crippen LogP contribution in [0.25, 0.3) is 11.1 Å². The van der Waals surface area contributed by atoms with E-state index in [9.17, 15) is 0 Å². The van der Waals surface area contributed by atoms with E-state index < -0.39 is 7.43 Å². The van der Waals surface area contributed by atoms with Gasteiger partial charge in [0.2, 0.25) is 0 Å². The Balaban J connectivity index is 2.26. The molecule has 4 heteroatoms. The number of nitrogens with one attached hydrogen (secondary N) is 1. The van der Waals surface area contributed by atoms with Gasteiger partial charge in [0.15, 0.2) is 0 Å². The van der Waals surface area contributed by atoms with E-state index in [1.165, 1.54) is 22.0 Å². The zero-order valence-corrected chi connectivity index (χ0v) is 12.4. The van der Waals surface area contributed by atoms with E-state index in [2.05, 4.69) is 64.3 Å². The van der Waals surface area contributed by atoms with E-state index in [4.69, 9.17) is 11.2 Å². The van der Waals surface area contributed by atoms with Gasteiger partial charge >= 0.3 is 0 Å². The summed E-state index contributed by atoms with van der Waals surface area (Å²) < 4.78 is 1.07. The maximum Gasteiger partial charge on any atom is 0.119 e. The molecule has 1 N–H and O–H groups in total. The van der Waals surface area contributed by atoms with Crippen LogP contribution in [0.5, 0.6) is 0 Å². The fourth-order valence-corrected chi connectivity index (χ4v) is 4.45. The summed E-state index contributed by atoms with van der Waals surface area (Å²) in [7, 11) is -0.830. The quantitative estimate of drug-likeness (QED) is 0.670. The third-order valence-corrected chi connectivity index (χ3v) is 5.38. The van der Waals surface area contributed by atoms with Gasteiger partial charge in [-0.1, -0.05) is 45.4 Å². The molecule has 0 radical (unpaired) electrons. The molecule has 0 aromatic heterocycles. The molecular formula is C13H10BrClNP. The molecule has 3 rings (SSSR count). The summed E-state index contributed by atoms with van der Waals surface area (Å²) in [5, 5.41) is 4.58. The van der Waals surface area contributed by atoms with E-state index in [1.807, 2.05) is 0 Å². The van der Waals surface area contributed by atoms with E-state index in [0.717, 1.165) is 10.2 Å². The summed E-state index contributed by atoms with van der Waals surface area (Å²) in [6.45, 7) is 2.09. The first-order valence-corrected chi connectivity index (χ1v) is 8.32. The van der Waals surface area contributed by atoms with Gasteiger partial charge in [-0.2, -0.15) is 0 Å². The highest BCUT2D eigenvalue weighted by Gasteiger charge is 2.22. The Bertz CT molecular complexity index is 600. The average Bonchev–Trinajstić information content (AvgIpc) is 2.29. The van der Waals surface area contributed by atoms with Gasteiger partial charge in [0.25, 0.3) is 0 Å². The van der Waals surface area contributed by atoms with Gasteiger partial charge in [0, 0.05) is 21.0 Å². The van der Waals surface area contributed by atoms with Crippen LogP contribution in [0.15, 0.2) is 40.9 Å². The summed E-state index contributed by atoms with van der Waals surface area (Å²) in [5.74, 6) is 0. The van der Waals surface area contributed by atoms with Crippen molar-refractivity contribution in [2.24, 2.45) is 0 Å². The molecule has 86 valence electrons. The molecule has 0 spiro atoms. The Morgan fingerprint density at radius 3 is 2.71 bits per heavy atom. The van der Waals surface area contributed by atoms with Gasteiger partial charge in [-0.25, -0.2) is 0 Å². The van der Waals surface area contributed by atoms with Crippen molar-refractivity contribution in [3.63, 3.8) is 0 Å². The normalized spacial score (nSPS) is 17.0. The zero-order valence-electron chi connectivity index (χ0n) is 9.17. The van der Waals surface area contributed by atoms with Crippen molar-refractivity contribution < 1.29 is 0 Å². The van der Waals surface area contributed by atoms with Crippen LogP contribution in [0.4, 0.5) is 5.69 Å². The van der Waals surface area contributed by atoms with Crippen LogP contribution in [-0.4, -0.2) is 0 Å². The van der Waals surface area contributed by atoms with Crippen LogP contribution in [-0.2, 0) is 0 Å². The minimum absolute atomic E-state index is 0.830. The lowest BCUT2D eigenvalue weighted by Gasteiger charge is -2.25. The smallest absolute Gasteiger partial charge is 0.119 e. The number of hydrogen-bond donors (Lipinski definition) is 1. The predicted octanol–water partition coefficient (Wildman–Crippen LogP) is 5.03. The zero-order chi connectivity index (χ0) is 12.0. The van der Waals surface area contributed by atoms with Crippen molar-refractivity contribution in [1.82, 2.24) is 0 Å². The lowest BCUT2D eigenvalue weighted by atomic mass is 10.0. The Morgan fingerprint density at radius 1 is 1.12 bits per heavy atom. The van der Waals surface area contributed by atoms with Gasteiger partial charge < -0.3 is 5.09 Å². The first kappa shape index (κ1) is 11.5. The Hall–Kier alpha value is -0.560. The lowest BCUT2D eigenvalue weighted by Crippen LogP contribution is -2.13. The van der Waals surface area contributed by atoms with Crippen molar-refractivity contribution in [2.45, 2.75) is 6.92 Å². The van der Waals surface area contributed by atoms with Gasteiger partial charge in [0.05, 0.1) is 0 Å². The minimum Gasteiger partial charge on any atom is -0.348 e. The maximum atomic E-state index is 6.43. The van der Waals surface area contributed by atoms with Crippen LogP contribution in [0.2, 0.25) is 0 Å². The number of fused-ring (bicyclic) bond motifs is 3. The topological polar surface area (TPSA) is 12.0 Å². The molecule has 17 heavy (non-hydrogen) atoms. The van der Waals surface area contributed by atoms with Crippen LogP contribution < -0.4 is 10.4 Å². The third-order valence-electron chi connectivity index (χ3n) is 2.86. The Kier molecular flexibility index (Phi) is 2.90. The number of benzene rings is 2. The monoisotopic (exact) mass is 325 g/mol. The summed E-state index contributed by atoms with van der Waals surface area (Å²) in [5.41, 5.74) is 4.86. The lowest BCUT2D eigenvalue weighted by molar-refractivity contribution is 1.46. The maximum absolute atomic E-state index is 6.43. The number of halogens is 2. The molecular weight excluding hydrogens is 316 g/mol. The standard InChI is InChI=1S/C13H10BrClNP/c1-8-2-4-10-11-5-3-9(14)7-13(11)17(15)16-12(10)6-8/h2-7,16H,1H3. The highest BCUT2D eigenvalue weighted by Crippen LogP contribution is 2.50. The molecule has 0 saturated heterocycles. The molecule has 0 saturated carbocycles. The van der Waals surface area contributed by atoms with Crippen molar-refractivity contribution >= 4 is 45.6 Å². The molecule has 0 bridgehead atoms. The summed E-state index contributed by atoms with van der Waals surface area (Å²) in [6, 6.07) is 12.7. The van der Waals surface area contributed by atoms with Crippen molar-refractivity contribution in [3.8, 4) is 11.1 Å². The largest absolute Gasteiger partial charge is 0.348 e. The van der Waals surface area contributed by atoms with Gasteiger partial charge in [-0.05, 0) is 36.2 Å². The van der Waals surface area contributed by atoms with Gasteiger partial charge in [0.1, 0.15) is 7.43 Å². The number of hydrogen-bond acceptors (Lipinski definition) is 1. The third kappa shape index (κ3) is 1.99. The molecule has 1 unspecified atom stereocenters. The van der Waals surface area contributed by atoms with Crippen LogP contribution in [0.1, 0.15) is 5.56 Å². The number of rotatable bonds is 0. The first-order chi connectivity index (χ1) is 8.15. The summed E-state index contributed by atoms with van der Waals surface area (Å²) in [4.78, 5) is 0. The fourth-order valence-electron chi connectivity index (χ4n) is 2.05. The summed E-state index contributed by atoms with van der Waals surface area (Å²) in [6.07, 6.45) is 0. The number of aryl methyl sites for hydroxylation is 1. The Labute approximate surface area is 115 Å². The second-order valence-corrected chi connectivity index (χ2v) is 7.30. The molecule has 1 aliphatic rings. The molecule has 0 aliphatic carbocycles. The molecule has 2 aromatic carbocycles. The average molecular weight is 327 g/mol. The van der Waals surface area contributed by atoms with E-state index in [1.54, 1.807) is 0 Å². The van der Waals surface area contributed by atoms with Crippen LogP contribution >= 0.6 is 34.6 Å². The molecule has 2 aromatic rings. The van der Waals surface area contributed by atoms with Crippen molar-refractivity contribution in [2.75, 3.05) is 5.09 Å². The molecule has 0 amide bonds. The van der Waals surface area contributed by atoms with E-state index >= 15 is 0 Å². The number of anilines is 1. The second kappa shape index (κ2) is 4.28. The van der Waals surface area contributed by atoms with Gasteiger partial charge in [-0.3, -0.25) is 0 Å². The highest BCUT2D eigenvalue weighted by molar-refractivity contribution is 9.10. The molecule has 1 heterocycles. The first-order valence-electron chi connectivity index (χ1n) is 5.28. The van der Waals surface area contributed by atoms with E-state index in [0.29, 0.717) is 0 Å². The predicted molar refractivity (Wildman–Crippen MR) is 80.3 cm³/mol. The Morgan fingerprint density at radius 2 is 1.88 bits per heavy atom. The SMILES string of the molecule is Cc1ccc2c(c1)NP(Cl)c1cc(Br)ccc1-2. The molecule has 0 fully saturated rings. The van der Waals surface area contributed by atoms with Crippen LogP contribution in [0, 0.1) is 6.92 Å². The summed E-state index contributed by atoms with van der Waals surface area (Å²) >= 11 is 9.93. The van der Waals surface area contributed by atoms with Gasteiger partial charge in [-0.15, -0.1) is 0 Å². The van der Waals surface area contributed by atoms with E-state index in [-0.39, 0.29) is 0 Å². The molecule has 1 aliphatic heterocycles. The minimum atomic E-state index is -0.830. The van der Waals surface area contributed by atoms with Crippen molar-refractivity contribution in [3.05, 3.63) is 46.4 Å². The second-order valence-electron chi connectivity index (χ2n) is 4.10. The fraction of sp³-hybridized carbons (Fsp3) is 0.0769. The highest BCUT2D eigenvalue weighted by atomic mass is 79.9. The molecule has 1 atom stereocenters. The molecule has 1 nitrogen and oxygen atoms in total. The van der Waals surface area contributed by atoms with Crippen LogP contribution in [0.3, 0.4) is 0 Å².